The summed E-state index contributed by atoms with van der Waals surface area (Å²) in [6.07, 6.45) is 0. The molecular weight excluding hydrogens is 769 g/mol. The maximum absolute atomic E-state index is 9.95. The third-order valence-corrected chi connectivity index (χ3v) is 12.2. The Morgan fingerprint density at radius 3 is 1.49 bits per heavy atom. The van der Waals surface area contributed by atoms with Gasteiger partial charge in [0.15, 0.2) is 17.5 Å². The number of nitrogens with zero attached hydrogens (tertiary/aromatic N) is 4. The standard InChI is InChI=1S/C58H34N4O/c59-35-43-15-4-5-20-44(43)38-17-11-19-40(32-38)56-60-57(41-27-29-50-48-23-7-6-21-46(48)47-22-8-9-24-49(47)52(50)33-41)62-58(61-56)42-28-30-51-54(34-42)63-53-26-12-25-45(55(51)53)39-18-10-16-37(31-39)36-13-2-1-3-14-36/h1-34H. The molecule has 0 N–H and O–H groups in total. The van der Waals surface area contributed by atoms with Gasteiger partial charge in [0.05, 0.1) is 11.6 Å². The Labute approximate surface area is 362 Å². The molecular formula is C58H34N4O. The molecule has 0 atom stereocenters. The number of furan rings is 1. The summed E-state index contributed by atoms with van der Waals surface area (Å²) in [4.78, 5) is 15.6. The van der Waals surface area contributed by atoms with Crippen molar-refractivity contribution in [3.8, 4) is 73.6 Å². The topological polar surface area (TPSA) is 75.6 Å². The van der Waals surface area contributed by atoms with Gasteiger partial charge >= 0.3 is 0 Å². The van der Waals surface area contributed by atoms with Crippen LogP contribution in [-0.4, -0.2) is 15.0 Å². The van der Waals surface area contributed by atoms with E-state index < -0.39 is 0 Å². The largest absolute Gasteiger partial charge is 0.456 e. The number of hydrogen-bond acceptors (Lipinski definition) is 5. The Hall–Kier alpha value is -8.72. The molecule has 0 aliphatic heterocycles. The second kappa shape index (κ2) is 14.8. The van der Waals surface area contributed by atoms with Gasteiger partial charge in [-0.05, 0) is 108 Å². The first kappa shape index (κ1) is 36.2. The molecule has 5 heteroatoms. The van der Waals surface area contributed by atoms with Gasteiger partial charge in [0.1, 0.15) is 11.2 Å². The predicted octanol–water partition coefficient (Wildman–Crippen LogP) is 15.1. The van der Waals surface area contributed by atoms with E-state index in [4.69, 9.17) is 19.4 Å². The molecule has 0 spiro atoms. The predicted molar refractivity (Wildman–Crippen MR) is 257 cm³/mol. The second-order valence-electron chi connectivity index (χ2n) is 15.8. The fraction of sp³-hybridized carbons (Fsp3) is 0. The van der Waals surface area contributed by atoms with Crippen molar-refractivity contribution in [3.63, 3.8) is 0 Å². The van der Waals surface area contributed by atoms with Crippen molar-refractivity contribution in [1.82, 2.24) is 15.0 Å². The highest BCUT2D eigenvalue weighted by Crippen LogP contribution is 2.41. The zero-order chi connectivity index (χ0) is 41.9. The normalized spacial score (nSPS) is 11.5. The van der Waals surface area contributed by atoms with Crippen LogP contribution >= 0.6 is 0 Å². The fourth-order valence-corrected chi connectivity index (χ4v) is 9.17. The summed E-state index contributed by atoms with van der Waals surface area (Å²) in [6, 6.07) is 73.4. The van der Waals surface area contributed by atoms with Gasteiger partial charge in [-0.2, -0.15) is 5.26 Å². The van der Waals surface area contributed by atoms with Gasteiger partial charge in [0.25, 0.3) is 0 Å². The van der Waals surface area contributed by atoms with Gasteiger partial charge in [0.2, 0.25) is 0 Å². The highest BCUT2D eigenvalue weighted by atomic mass is 16.3. The molecule has 292 valence electrons. The molecule has 5 nitrogen and oxygen atoms in total. The van der Waals surface area contributed by atoms with Crippen molar-refractivity contribution in [2.24, 2.45) is 0 Å². The van der Waals surface area contributed by atoms with Crippen LogP contribution in [0.25, 0.3) is 122 Å². The molecule has 0 saturated carbocycles. The van der Waals surface area contributed by atoms with Crippen molar-refractivity contribution in [1.29, 1.82) is 5.26 Å². The van der Waals surface area contributed by atoms with Crippen molar-refractivity contribution >= 4 is 54.3 Å². The monoisotopic (exact) mass is 802 g/mol. The molecule has 12 rings (SSSR count). The highest BCUT2D eigenvalue weighted by molar-refractivity contribution is 6.25. The van der Waals surface area contributed by atoms with Crippen LogP contribution in [-0.2, 0) is 0 Å². The summed E-state index contributed by atoms with van der Waals surface area (Å²) < 4.78 is 6.63. The third kappa shape index (κ3) is 6.20. The van der Waals surface area contributed by atoms with E-state index >= 15 is 0 Å². The molecule has 2 aromatic heterocycles. The Bertz CT molecular complexity index is 3790. The maximum atomic E-state index is 9.95. The lowest BCUT2D eigenvalue weighted by Gasteiger charge is -2.13. The number of nitriles is 1. The van der Waals surface area contributed by atoms with Crippen molar-refractivity contribution in [2.75, 3.05) is 0 Å². The summed E-state index contributed by atoms with van der Waals surface area (Å²) in [5.74, 6) is 1.61. The molecule has 0 saturated heterocycles. The fourth-order valence-electron chi connectivity index (χ4n) is 9.17. The summed E-state index contributed by atoms with van der Waals surface area (Å²) >= 11 is 0. The number of aromatic nitrogens is 3. The third-order valence-electron chi connectivity index (χ3n) is 12.2. The molecule has 0 amide bonds. The Balaban J connectivity index is 1.03. The zero-order valence-electron chi connectivity index (χ0n) is 33.8. The number of hydrogen-bond donors (Lipinski definition) is 0. The van der Waals surface area contributed by atoms with Crippen LogP contribution in [0.4, 0.5) is 0 Å². The van der Waals surface area contributed by atoms with E-state index in [1.807, 2.05) is 60.7 Å². The molecule has 0 fully saturated rings. The molecule has 0 aliphatic rings. The van der Waals surface area contributed by atoms with E-state index in [1.54, 1.807) is 0 Å². The van der Waals surface area contributed by atoms with Gasteiger partial charge in [-0.3, -0.25) is 0 Å². The van der Waals surface area contributed by atoms with Crippen LogP contribution in [0, 0.1) is 11.3 Å². The molecule has 0 aliphatic carbocycles. The minimum atomic E-state index is 0.527. The lowest BCUT2D eigenvalue weighted by Crippen LogP contribution is -2.00. The maximum Gasteiger partial charge on any atom is 0.164 e. The first-order valence-electron chi connectivity index (χ1n) is 21.0. The minimum Gasteiger partial charge on any atom is -0.456 e. The van der Waals surface area contributed by atoms with Crippen LogP contribution in [0.15, 0.2) is 211 Å². The van der Waals surface area contributed by atoms with Gasteiger partial charge in [-0.1, -0.05) is 164 Å². The van der Waals surface area contributed by atoms with Crippen LogP contribution in [0.3, 0.4) is 0 Å². The quantitative estimate of drug-likeness (QED) is 0.157. The van der Waals surface area contributed by atoms with Gasteiger partial charge in [-0.15, -0.1) is 0 Å². The zero-order valence-corrected chi connectivity index (χ0v) is 33.8. The van der Waals surface area contributed by atoms with E-state index in [9.17, 15) is 5.26 Å². The van der Waals surface area contributed by atoms with Gasteiger partial charge in [0, 0.05) is 27.5 Å². The van der Waals surface area contributed by atoms with E-state index in [-0.39, 0.29) is 0 Å². The van der Waals surface area contributed by atoms with Crippen molar-refractivity contribution in [2.45, 2.75) is 0 Å². The smallest absolute Gasteiger partial charge is 0.164 e. The molecule has 0 bridgehead atoms. The van der Waals surface area contributed by atoms with Crippen LogP contribution in [0.2, 0.25) is 0 Å². The Morgan fingerprint density at radius 1 is 0.317 bits per heavy atom. The molecule has 12 aromatic rings. The molecule has 0 radical (unpaired) electrons. The lowest BCUT2D eigenvalue weighted by atomic mass is 9.93. The van der Waals surface area contributed by atoms with Crippen LogP contribution < -0.4 is 0 Å². The number of benzene rings is 10. The van der Waals surface area contributed by atoms with E-state index in [1.165, 1.54) is 32.5 Å². The van der Waals surface area contributed by atoms with Crippen LogP contribution in [0.1, 0.15) is 5.56 Å². The van der Waals surface area contributed by atoms with Crippen molar-refractivity contribution < 1.29 is 4.42 Å². The molecule has 0 unspecified atom stereocenters. The summed E-state index contributed by atoms with van der Waals surface area (Å²) in [6.45, 7) is 0. The molecule has 10 aromatic carbocycles. The summed E-state index contributed by atoms with van der Waals surface area (Å²) in [5, 5.41) is 19.1. The lowest BCUT2D eigenvalue weighted by molar-refractivity contribution is 0.669. The highest BCUT2D eigenvalue weighted by Gasteiger charge is 2.19. The average Bonchev–Trinajstić information content (AvgIpc) is 3.75. The summed E-state index contributed by atoms with van der Waals surface area (Å²) in [7, 11) is 0. The SMILES string of the molecule is N#Cc1ccccc1-c1cccc(-c2nc(-c3ccc4c(c3)oc3cccc(-c5cccc(-c6ccccc6)c5)c34)nc(-c3ccc4c5ccccc5c5ccccc5c4c3)n2)c1. The van der Waals surface area contributed by atoms with Gasteiger partial charge < -0.3 is 4.42 Å². The van der Waals surface area contributed by atoms with Crippen molar-refractivity contribution in [3.05, 3.63) is 212 Å². The Kier molecular flexibility index (Phi) is 8.48. The molecule has 63 heavy (non-hydrogen) atoms. The first-order valence-corrected chi connectivity index (χ1v) is 21.0. The number of rotatable bonds is 6. The van der Waals surface area contributed by atoms with Crippen LogP contribution in [0.5, 0.6) is 0 Å². The first-order chi connectivity index (χ1) is 31.2. The second-order valence-corrected chi connectivity index (χ2v) is 15.8. The average molecular weight is 803 g/mol. The minimum absolute atomic E-state index is 0.527. The van der Waals surface area contributed by atoms with E-state index in [0.29, 0.717) is 23.0 Å². The summed E-state index contributed by atoms with van der Waals surface area (Å²) in [5.41, 5.74) is 11.0. The molecule has 2 heterocycles. The van der Waals surface area contributed by atoms with E-state index in [0.717, 1.165) is 71.8 Å². The van der Waals surface area contributed by atoms with E-state index in [2.05, 4.69) is 152 Å². The van der Waals surface area contributed by atoms with Gasteiger partial charge in [-0.25, -0.2) is 15.0 Å². The Morgan fingerprint density at radius 2 is 0.794 bits per heavy atom. The number of fused-ring (bicyclic) bond motifs is 9.